The predicted octanol–water partition coefficient (Wildman–Crippen LogP) is 6.67. The Morgan fingerprint density at radius 3 is 1.81 bits per heavy atom. The van der Waals surface area contributed by atoms with Crippen LogP contribution in [0.5, 0.6) is 5.75 Å². The number of hydrogen-bond donors (Lipinski definition) is 0. The van der Waals surface area contributed by atoms with Crippen molar-refractivity contribution in [3.05, 3.63) is 102 Å². The van der Waals surface area contributed by atoms with Crippen molar-refractivity contribution < 1.29 is 4.74 Å². The van der Waals surface area contributed by atoms with Gasteiger partial charge < -0.3 is 4.74 Å². The molecule has 2 heteroatoms. The molecule has 0 N–H and O–H groups in total. The number of alkyl halides is 1. The van der Waals surface area contributed by atoms with E-state index in [0.29, 0.717) is 12.5 Å². The predicted molar refractivity (Wildman–Crippen MR) is 112 cm³/mol. The number of ether oxygens (including phenoxy) is 1. The molecular formula is C24H23ClO. The van der Waals surface area contributed by atoms with Crippen LogP contribution in [0.2, 0.25) is 0 Å². The van der Waals surface area contributed by atoms with Gasteiger partial charge in [-0.2, -0.15) is 0 Å². The summed E-state index contributed by atoms with van der Waals surface area (Å²) in [5, 5.41) is 0. The van der Waals surface area contributed by atoms with Crippen LogP contribution in [-0.2, 0) is 0 Å². The van der Waals surface area contributed by atoms with E-state index in [1.165, 1.54) is 27.8 Å². The van der Waals surface area contributed by atoms with Crippen LogP contribution < -0.4 is 4.74 Å². The van der Waals surface area contributed by atoms with Crippen LogP contribution >= 0.6 is 11.6 Å². The van der Waals surface area contributed by atoms with E-state index in [0.717, 1.165) is 12.2 Å². The lowest BCUT2D eigenvalue weighted by atomic mass is 9.88. The van der Waals surface area contributed by atoms with E-state index < -0.39 is 0 Å². The van der Waals surface area contributed by atoms with Crippen molar-refractivity contribution in [2.75, 3.05) is 12.5 Å². The molecule has 0 bridgehead atoms. The lowest BCUT2D eigenvalue weighted by Crippen LogP contribution is -1.97. The molecule has 0 saturated carbocycles. The summed E-state index contributed by atoms with van der Waals surface area (Å²) in [5.74, 6) is 1.47. The van der Waals surface area contributed by atoms with E-state index in [4.69, 9.17) is 16.3 Å². The minimum Gasteiger partial charge on any atom is -0.494 e. The van der Waals surface area contributed by atoms with Gasteiger partial charge in [0, 0.05) is 5.88 Å². The van der Waals surface area contributed by atoms with Crippen molar-refractivity contribution in [3.63, 3.8) is 0 Å². The van der Waals surface area contributed by atoms with Gasteiger partial charge >= 0.3 is 0 Å². The molecule has 0 unspecified atom stereocenters. The standard InChI is InChI=1S/C24H23ClO/c1-2-26-22-15-13-21(14-16-22)24(20-11-7-4-8-12-20)23(17-18-25)19-9-5-3-6-10-19/h3-16H,2,17-18H2,1H3/b24-23-. The van der Waals surface area contributed by atoms with Gasteiger partial charge in [0.25, 0.3) is 0 Å². The average Bonchev–Trinajstić information content (AvgIpc) is 2.70. The smallest absolute Gasteiger partial charge is 0.119 e. The van der Waals surface area contributed by atoms with E-state index in [-0.39, 0.29) is 0 Å². The van der Waals surface area contributed by atoms with Gasteiger partial charge in [0.15, 0.2) is 0 Å². The lowest BCUT2D eigenvalue weighted by Gasteiger charge is -2.17. The minimum atomic E-state index is 0.581. The van der Waals surface area contributed by atoms with Crippen molar-refractivity contribution in [2.45, 2.75) is 13.3 Å². The maximum absolute atomic E-state index is 6.18. The second-order valence-electron chi connectivity index (χ2n) is 5.98. The SMILES string of the molecule is CCOc1ccc(/C(=C(/CCCl)c2ccccc2)c2ccccc2)cc1. The Bertz CT molecular complexity index is 836. The molecule has 0 heterocycles. The summed E-state index contributed by atoms with van der Waals surface area (Å²) in [5.41, 5.74) is 6.06. The summed E-state index contributed by atoms with van der Waals surface area (Å²) in [4.78, 5) is 0. The van der Waals surface area contributed by atoms with Crippen molar-refractivity contribution in [1.82, 2.24) is 0 Å². The third-order valence-corrected chi connectivity index (χ3v) is 4.47. The highest BCUT2D eigenvalue weighted by Gasteiger charge is 2.13. The van der Waals surface area contributed by atoms with Crippen molar-refractivity contribution in [1.29, 1.82) is 0 Å². The molecule has 0 saturated heterocycles. The number of hydrogen-bond acceptors (Lipinski definition) is 1. The average molecular weight is 363 g/mol. The van der Waals surface area contributed by atoms with E-state index in [1.807, 2.05) is 31.2 Å². The molecule has 0 aliphatic carbocycles. The molecule has 1 nitrogen and oxygen atoms in total. The van der Waals surface area contributed by atoms with Gasteiger partial charge in [0.2, 0.25) is 0 Å². The van der Waals surface area contributed by atoms with Gasteiger partial charge in [0.1, 0.15) is 5.75 Å². The normalized spacial score (nSPS) is 11.8. The fraction of sp³-hybridized carbons (Fsp3) is 0.167. The van der Waals surface area contributed by atoms with Crippen LogP contribution in [-0.4, -0.2) is 12.5 Å². The van der Waals surface area contributed by atoms with Crippen molar-refractivity contribution in [2.24, 2.45) is 0 Å². The summed E-state index contributed by atoms with van der Waals surface area (Å²) in [6, 6.07) is 29.3. The van der Waals surface area contributed by atoms with Crippen LogP contribution in [0.1, 0.15) is 30.0 Å². The minimum absolute atomic E-state index is 0.581. The highest BCUT2D eigenvalue weighted by molar-refractivity contribution is 6.18. The maximum atomic E-state index is 6.18. The number of benzene rings is 3. The maximum Gasteiger partial charge on any atom is 0.119 e. The summed E-state index contributed by atoms with van der Waals surface area (Å²) in [6.45, 7) is 2.67. The Kier molecular flexibility index (Phi) is 6.51. The van der Waals surface area contributed by atoms with E-state index in [2.05, 4.69) is 60.7 Å². The third kappa shape index (κ3) is 4.36. The molecular weight excluding hydrogens is 340 g/mol. The van der Waals surface area contributed by atoms with Crippen LogP contribution in [0.3, 0.4) is 0 Å². The summed E-state index contributed by atoms with van der Waals surface area (Å²) in [7, 11) is 0. The topological polar surface area (TPSA) is 9.23 Å². The van der Waals surface area contributed by atoms with Crippen LogP contribution in [0.25, 0.3) is 11.1 Å². The molecule has 132 valence electrons. The fourth-order valence-electron chi connectivity index (χ4n) is 3.15. The van der Waals surface area contributed by atoms with Crippen LogP contribution in [0, 0.1) is 0 Å². The molecule has 0 amide bonds. The second-order valence-corrected chi connectivity index (χ2v) is 6.36. The molecule has 0 radical (unpaired) electrons. The van der Waals surface area contributed by atoms with E-state index >= 15 is 0 Å². The van der Waals surface area contributed by atoms with Gasteiger partial charge in [-0.1, -0.05) is 72.8 Å². The lowest BCUT2D eigenvalue weighted by molar-refractivity contribution is 0.340. The van der Waals surface area contributed by atoms with Crippen LogP contribution in [0.4, 0.5) is 0 Å². The Labute approximate surface area is 160 Å². The first kappa shape index (κ1) is 18.3. The van der Waals surface area contributed by atoms with Crippen molar-refractivity contribution in [3.8, 4) is 5.75 Å². The van der Waals surface area contributed by atoms with Gasteiger partial charge in [-0.3, -0.25) is 0 Å². The largest absolute Gasteiger partial charge is 0.494 e. The molecule has 3 aromatic carbocycles. The molecule has 0 spiro atoms. The molecule has 3 aromatic rings. The molecule has 0 aromatic heterocycles. The van der Waals surface area contributed by atoms with Crippen LogP contribution in [0.15, 0.2) is 84.9 Å². The zero-order valence-electron chi connectivity index (χ0n) is 15.0. The molecule has 0 aliphatic heterocycles. The first-order valence-electron chi connectivity index (χ1n) is 8.96. The van der Waals surface area contributed by atoms with Gasteiger partial charge in [0.05, 0.1) is 6.61 Å². The Balaban J connectivity index is 2.19. The summed E-state index contributed by atoms with van der Waals surface area (Å²) < 4.78 is 5.60. The zero-order chi connectivity index (χ0) is 18.2. The quantitative estimate of drug-likeness (QED) is 0.336. The van der Waals surface area contributed by atoms with Crippen molar-refractivity contribution >= 4 is 22.7 Å². The first-order chi connectivity index (χ1) is 12.8. The highest BCUT2D eigenvalue weighted by atomic mass is 35.5. The molecule has 0 aliphatic rings. The third-order valence-electron chi connectivity index (χ3n) is 4.28. The van der Waals surface area contributed by atoms with E-state index in [9.17, 15) is 0 Å². The number of allylic oxidation sites excluding steroid dienone is 1. The fourth-order valence-corrected chi connectivity index (χ4v) is 3.34. The molecule has 0 fully saturated rings. The monoisotopic (exact) mass is 362 g/mol. The second kappa shape index (κ2) is 9.26. The van der Waals surface area contributed by atoms with Gasteiger partial charge in [-0.15, -0.1) is 11.6 Å². The zero-order valence-corrected chi connectivity index (χ0v) is 15.7. The van der Waals surface area contributed by atoms with E-state index in [1.54, 1.807) is 0 Å². The highest BCUT2D eigenvalue weighted by Crippen LogP contribution is 2.35. The van der Waals surface area contributed by atoms with Gasteiger partial charge in [-0.05, 0) is 53.3 Å². The number of rotatable bonds is 7. The summed E-state index contributed by atoms with van der Waals surface area (Å²) >= 11 is 6.18. The molecule has 26 heavy (non-hydrogen) atoms. The Morgan fingerprint density at radius 1 is 0.731 bits per heavy atom. The first-order valence-corrected chi connectivity index (χ1v) is 9.50. The molecule has 3 rings (SSSR count). The molecule has 0 atom stereocenters. The number of halogens is 1. The Morgan fingerprint density at radius 2 is 1.27 bits per heavy atom. The Hall–Kier alpha value is -2.51. The summed E-state index contributed by atoms with van der Waals surface area (Å²) in [6.07, 6.45) is 0.809. The van der Waals surface area contributed by atoms with Gasteiger partial charge in [-0.25, -0.2) is 0 Å².